The summed E-state index contributed by atoms with van der Waals surface area (Å²) in [4.78, 5) is 0. The van der Waals surface area contributed by atoms with Crippen molar-refractivity contribution in [3.05, 3.63) is 59.9 Å². The zero-order valence-corrected chi connectivity index (χ0v) is 12.4. The quantitative estimate of drug-likeness (QED) is 0.689. The molecule has 2 nitrogen and oxygen atoms in total. The smallest absolute Gasteiger partial charge is 0.142 e. The molecule has 0 unspecified atom stereocenters. The van der Waals surface area contributed by atoms with Crippen LogP contribution in [-0.2, 0) is 6.54 Å². The lowest BCUT2D eigenvalue weighted by atomic mass is 10.2. The summed E-state index contributed by atoms with van der Waals surface area (Å²) in [7, 11) is 0. The summed E-state index contributed by atoms with van der Waals surface area (Å²) in [5.74, 6) is 0.642. The highest BCUT2D eigenvalue weighted by Crippen LogP contribution is 2.24. The van der Waals surface area contributed by atoms with Gasteiger partial charge in [0.1, 0.15) is 11.6 Å². The fourth-order valence-electron chi connectivity index (χ4n) is 2.12. The molecule has 0 aliphatic rings. The average molecular weight is 287 g/mol. The molecule has 21 heavy (non-hydrogen) atoms. The van der Waals surface area contributed by atoms with Gasteiger partial charge in [0.2, 0.25) is 0 Å². The van der Waals surface area contributed by atoms with Crippen molar-refractivity contribution in [1.82, 2.24) is 0 Å². The molecule has 0 fully saturated rings. The molecule has 3 heteroatoms. The van der Waals surface area contributed by atoms with E-state index in [-0.39, 0.29) is 5.82 Å². The van der Waals surface area contributed by atoms with Crippen LogP contribution in [-0.4, -0.2) is 6.61 Å². The Morgan fingerprint density at radius 1 is 1.05 bits per heavy atom. The zero-order valence-electron chi connectivity index (χ0n) is 12.4. The van der Waals surface area contributed by atoms with Crippen molar-refractivity contribution in [2.75, 3.05) is 11.9 Å². The Hall–Kier alpha value is -2.03. The van der Waals surface area contributed by atoms with Gasteiger partial charge in [-0.25, -0.2) is 4.39 Å². The first-order valence-corrected chi connectivity index (χ1v) is 7.49. The second-order valence-corrected chi connectivity index (χ2v) is 5.04. The van der Waals surface area contributed by atoms with Gasteiger partial charge in [-0.05, 0) is 36.2 Å². The first kappa shape index (κ1) is 15.4. The summed E-state index contributed by atoms with van der Waals surface area (Å²) < 4.78 is 19.0. The van der Waals surface area contributed by atoms with E-state index in [1.54, 1.807) is 6.07 Å². The third-order valence-electron chi connectivity index (χ3n) is 3.26. The van der Waals surface area contributed by atoms with Crippen molar-refractivity contribution >= 4 is 5.69 Å². The van der Waals surface area contributed by atoms with Crippen molar-refractivity contribution in [3.63, 3.8) is 0 Å². The van der Waals surface area contributed by atoms with Gasteiger partial charge in [-0.1, -0.05) is 44.0 Å². The fraction of sp³-hybridized carbons (Fsp3) is 0.333. The highest BCUT2D eigenvalue weighted by Gasteiger charge is 2.03. The predicted molar refractivity (Wildman–Crippen MR) is 85.2 cm³/mol. The number of anilines is 1. The molecule has 0 heterocycles. The minimum absolute atomic E-state index is 0.210. The van der Waals surface area contributed by atoms with E-state index in [0.29, 0.717) is 6.54 Å². The van der Waals surface area contributed by atoms with Crippen LogP contribution in [0.1, 0.15) is 31.7 Å². The van der Waals surface area contributed by atoms with Gasteiger partial charge in [-0.15, -0.1) is 0 Å². The van der Waals surface area contributed by atoms with E-state index in [1.165, 1.54) is 25.0 Å². The molecular formula is C18H22FNO. The Bertz CT molecular complexity index is 556. The molecule has 0 aromatic heterocycles. The van der Waals surface area contributed by atoms with E-state index in [4.69, 9.17) is 4.74 Å². The van der Waals surface area contributed by atoms with E-state index in [9.17, 15) is 4.39 Å². The Balaban J connectivity index is 1.93. The number of rotatable bonds is 8. The van der Waals surface area contributed by atoms with Crippen LogP contribution in [0.3, 0.4) is 0 Å². The van der Waals surface area contributed by atoms with Gasteiger partial charge in [0.25, 0.3) is 0 Å². The molecule has 0 aliphatic carbocycles. The average Bonchev–Trinajstić information content (AvgIpc) is 2.50. The maximum Gasteiger partial charge on any atom is 0.142 e. The summed E-state index contributed by atoms with van der Waals surface area (Å²) in [6, 6.07) is 14.5. The van der Waals surface area contributed by atoms with Crippen LogP contribution in [0.4, 0.5) is 10.1 Å². The molecule has 0 saturated heterocycles. The van der Waals surface area contributed by atoms with Gasteiger partial charge in [-0.3, -0.25) is 0 Å². The normalized spacial score (nSPS) is 10.4. The topological polar surface area (TPSA) is 21.3 Å². The van der Waals surface area contributed by atoms with Crippen LogP contribution in [0.25, 0.3) is 0 Å². The first-order valence-electron chi connectivity index (χ1n) is 7.49. The van der Waals surface area contributed by atoms with Crippen molar-refractivity contribution in [1.29, 1.82) is 0 Å². The Morgan fingerprint density at radius 2 is 1.90 bits per heavy atom. The summed E-state index contributed by atoms with van der Waals surface area (Å²) in [5.41, 5.74) is 1.86. The van der Waals surface area contributed by atoms with Gasteiger partial charge in [-0.2, -0.15) is 0 Å². The van der Waals surface area contributed by atoms with Gasteiger partial charge in [0, 0.05) is 6.54 Å². The highest BCUT2D eigenvalue weighted by molar-refractivity contribution is 5.56. The number of nitrogens with one attached hydrogen (secondary N) is 1. The molecule has 0 aliphatic heterocycles. The van der Waals surface area contributed by atoms with Gasteiger partial charge >= 0.3 is 0 Å². The zero-order chi connectivity index (χ0) is 14.9. The van der Waals surface area contributed by atoms with Crippen molar-refractivity contribution in [2.24, 2.45) is 0 Å². The monoisotopic (exact) mass is 287 g/mol. The van der Waals surface area contributed by atoms with E-state index in [0.717, 1.165) is 30.0 Å². The number of hydrogen-bond donors (Lipinski definition) is 1. The van der Waals surface area contributed by atoms with Crippen LogP contribution >= 0.6 is 0 Å². The minimum Gasteiger partial charge on any atom is -0.491 e. The van der Waals surface area contributed by atoms with Gasteiger partial charge < -0.3 is 10.1 Å². The standard InChI is InChI=1S/C18H22FNO/c1-2-3-6-12-21-18-11-5-4-10-17(18)20-14-15-8-7-9-16(19)13-15/h4-5,7-11,13,20H,2-3,6,12,14H2,1H3. The third kappa shape index (κ3) is 5.10. The minimum atomic E-state index is -0.210. The second-order valence-electron chi connectivity index (χ2n) is 5.04. The molecule has 0 saturated carbocycles. The molecule has 2 aromatic rings. The molecule has 1 N–H and O–H groups in total. The van der Waals surface area contributed by atoms with E-state index >= 15 is 0 Å². The molecule has 0 spiro atoms. The van der Waals surface area contributed by atoms with E-state index in [1.807, 2.05) is 30.3 Å². The van der Waals surface area contributed by atoms with E-state index < -0.39 is 0 Å². The number of benzene rings is 2. The molecule has 0 bridgehead atoms. The molecular weight excluding hydrogens is 265 g/mol. The lowest BCUT2D eigenvalue weighted by molar-refractivity contribution is 0.307. The fourth-order valence-corrected chi connectivity index (χ4v) is 2.12. The van der Waals surface area contributed by atoms with Crippen molar-refractivity contribution < 1.29 is 9.13 Å². The Labute approximate surface area is 126 Å². The van der Waals surface area contributed by atoms with Crippen molar-refractivity contribution in [2.45, 2.75) is 32.7 Å². The van der Waals surface area contributed by atoms with Gasteiger partial charge in [0.05, 0.1) is 12.3 Å². The Kier molecular flexibility index (Phi) is 6.07. The third-order valence-corrected chi connectivity index (χ3v) is 3.26. The predicted octanol–water partition coefficient (Wildman–Crippen LogP) is 5.01. The SMILES string of the molecule is CCCCCOc1ccccc1NCc1cccc(F)c1. The number of hydrogen-bond acceptors (Lipinski definition) is 2. The first-order chi connectivity index (χ1) is 10.3. The molecule has 0 amide bonds. The lowest BCUT2D eigenvalue weighted by Gasteiger charge is -2.13. The van der Waals surface area contributed by atoms with Crippen LogP contribution in [0.15, 0.2) is 48.5 Å². The highest BCUT2D eigenvalue weighted by atomic mass is 19.1. The lowest BCUT2D eigenvalue weighted by Crippen LogP contribution is -2.04. The molecule has 0 radical (unpaired) electrons. The molecule has 0 atom stereocenters. The van der Waals surface area contributed by atoms with Crippen molar-refractivity contribution in [3.8, 4) is 5.75 Å². The van der Waals surface area contributed by atoms with Crippen LogP contribution in [0.2, 0.25) is 0 Å². The summed E-state index contributed by atoms with van der Waals surface area (Å²) >= 11 is 0. The number of unbranched alkanes of at least 4 members (excludes halogenated alkanes) is 2. The summed E-state index contributed by atoms with van der Waals surface area (Å²) in [5, 5.41) is 3.31. The molecule has 2 rings (SSSR count). The number of para-hydroxylation sites is 2. The molecule has 2 aromatic carbocycles. The van der Waals surface area contributed by atoms with Crippen LogP contribution in [0.5, 0.6) is 5.75 Å². The summed E-state index contributed by atoms with van der Waals surface area (Å²) in [6.45, 7) is 3.48. The maximum atomic E-state index is 13.2. The number of halogens is 1. The Morgan fingerprint density at radius 3 is 2.71 bits per heavy atom. The number of ether oxygens (including phenoxy) is 1. The molecule has 112 valence electrons. The largest absolute Gasteiger partial charge is 0.491 e. The second kappa shape index (κ2) is 8.30. The summed E-state index contributed by atoms with van der Waals surface area (Å²) in [6.07, 6.45) is 3.43. The van der Waals surface area contributed by atoms with Crippen LogP contribution < -0.4 is 10.1 Å². The van der Waals surface area contributed by atoms with Crippen LogP contribution in [0, 0.1) is 5.82 Å². The van der Waals surface area contributed by atoms with E-state index in [2.05, 4.69) is 12.2 Å². The maximum absolute atomic E-state index is 13.2. The van der Waals surface area contributed by atoms with Gasteiger partial charge in [0.15, 0.2) is 0 Å².